The third-order valence-corrected chi connectivity index (χ3v) is 2.52. The van der Waals surface area contributed by atoms with Gasteiger partial charge in [-0.1, -0.05) is 0 Å². The summed E-state index contributed by atoms with van der Waals surface area (Å²) in [6, 6.07) is 1.24. The number of hydrogen-bond acceptors (Lipinski definition) is 6. The second-order valence-corrected chi connectivity index (χ2v) is 3.46. The van der Waals surface area contributed by atoms with Crippen LogP contribution in [0.1, 0.15) is 26.3 Å². The summed E-state index contributed by atoms with van der Waals surface area (Å²) in [5.41, 5.74) is 0.0893. The van der Waals surface area contributed by atoms with E-state index in [0.717, 1.165) is 7.11 Å². The first-order chi connectivity index (χ1) is 8.47. The SMILES string of the molecule is COC(=O)c1c(O)cc(OC)c(C)c1C(=O)OC. The number of methoxy groups -OCH3 is 3. The van der Waals surface area contributed by atoms with Crippen LogP contribution in [0.15, 0.2) is 6.07 Å². The lowest BCUT2D eigenvalue weighted by molar-refractivity contribution is 0.0551. The van der Waals surface area contributed by atoms with Crippen LogP contribution in [0, 0.1) is 6.92 Å². The molecular formula is C12H14O6. The molecule has 6 heteroatoms. The minimum atomic E-state index is -0.821. The molecule has 0 aliphatic carbocycles. The molecule has 0 saturated heterocycles. The van der Waals surface area contributed by atoms with Crippen molar-refractivity contribution in [1.82, 2.24) is 0 Å². The number of ether oxygens (including phenoxy) is 3. The molecule has 0 saturated carbocycles. The van der Waals surface area contributed by atoms with E-state index in [1.807, 2.05) is 0 Å². The molecule has 0 unspecified atom stereocenters. The molecule has 0 radical (unpaired) electrons. The molecule has 0 spiro atoms. The second-order valence-electron chi connectivity index (χ2n) is 3.46. The van der Waals surface area contributed by atoms with Crippen molar-refractivity contribution in [3.63, 3.8) is 0 Å². The zero-order chi connectivity index (χ0) is 13.9. The fourth-order valence-electron chi connectivity index (χ4n) is 1.62. The first-order valence-corrected chi connectivity index (χ1v) is 5.05. The van der Waals surface area contributed by atoms with E-state index in [0.29, 0.717) is 5.56 Å². The molecule has 6 nitrogen and oxygen atoms in total. The quantitative estimate of drug-likeness (QED) is 0.818. The van der Waals surface area contributed by atoms with Crippen LogP contribution >= 0.6 is 0 Å². The summed E-state index contributed by atoms with van der Waals surface area (Å²) in [7, 11) is 3.72. The van der Waals surface area contributed by atoms with E-state index in [-0.39, 0.29) is 16.9 Å². The number of benzene rings is 1. The van der Waals surface area contributed by atoms with Crippen molar-refractivity contribution in [1.29, 1.82) is 0 Å². The Hall–Kier alpha value is -2.24. The van der Waals surface area contributed by atoms with E-state index in [1.54, 1.807) is 6.92 Å². The van der Waals surface area contributed by atoms with Gasteiger partial charge in [0.15, 0.2) is 0 Å². The summed E-state index contributed by atoms with van der Waals surface area (Å²) in [6.07, 6.45) is 0. The molecule has 0 atom stereocenters. The van der Waals surface area contributed by atoms with Crippen LogP contribution in [0.5, 0.6) is 11.5 Å². The van der Waals surface area contributed by atoms with Crippen molar-refractivity contribution in [2.75, 3.05) is 21.3 Å². The van der Waals surface area contributed by atoms with Gasteiger partial charge in [-0.25, -0.2) is 9.59 Å². The predicted octanol–water partition coefficient (Wildman–Crippen LogP) is 1.28. The van der Waals surface area contributed by atoms with Gasteiger partial charge in [0, 0.05) is 11.6 Å². The molecular weight excluding hydrogens is 240 g/mol. The molecule has 0 aliphatic rings. The van der Waals surface area contributed by atoms with Gasteiger partial charge in [-0.15, -0.1) is 0 Å². The van der Waals surface area contributed by atoms with Crippen LogP contribution in [0.2, 0.25) is 0 Å². The third kappa shape index (κ3) is 2.22. The smallest absolute Gasteiger partial charge is 0.342 e. The summed E-state index contributed by atoms with van der Waals surface area (Å²) in [5.74, 6) is -1.69. The summed E-state index contributed by atoms with van der Waals surface area (Å²) < 4.78 is 14.1. The second kappa shape index (κ2) is 5.39. The van der Waals surface area contributed by atoms with Crippen LogP contribution in [-0.2, 0) is 9.47 Å². The van der Waals surface area contributed by atoms with Crippen LogP contribution in [0.3, 0.4) is 0 Å². The Morgan fingerprint density at radius 1 is 1.06 bits per heavy atom. The topological polar surface area (TPSA) is 82.1 Å². The van der Waals surface area contributed by atoms with Crippen molar-refractivity contribution in [3.8, 4) is 11.5 Å². The molecule has 98 valence electrons. The molecule has 0 fully saturated rings. The fraction of sp³-hybridized carbons (Fsp3) is 0.333. The van der Waals surface area contributed by atoms with Crippen molar-refractivity contribution in [2.45, 2.75) is 6.92 Å². The van der Waals surface area contributed by atoms with Crippen LogP contribution < -0.4 is 4.74 Å². The third-order valence-electron chi connectivity index (χ3n) is 2.52. The normalized spacial score (nSPS) is 9.78. The fourth-order valence-corrected chi connectivity index (χ4v) is 1.62. The standard InChI is InChI=1S/C12H14O6/c1-6-8(16-2)5-7(13)10(12(15)18-4)9(6)11(14)17-3/h5,13H,1-4H3. The molecule has 1 rings (SSSR count). The highest BCUT2D eigenvalue weighted by Gasteiger charge is 2.27. The number of rotatable bonds is 3. The van der Waals surface area contributed by atoms with Crippen LogP contribution in [-0.4, -0.2) is 38.4 Å². The predicted molar refractivity (Wildman–Crippen MR) is 62.1 cm³/mol. The number of phenolic OH excluding ortho intramolecular Hbond substituents is 1. The molecule has 18 heavy (non-hydrogen) atoms. The first kappa shape index (κ1) is 13.8. The average molecular weight is 254 g/mol. The maximum absolute atomic E-state index is 11.7. The zero-order valence-corrected chi connectivity index (χ0v) is 10.6. The molecule has 0 aromatic heterocycles. The highest BCUT2D eigenvalue weighted by molar-refractivity contribution is 6.06. The Bertz CT molecular complexity index is 492. The molecule has 1 aromatic rings. The van der Waals surface area contributed by atoms with Gasteiger partial charge in [0.25, 0.3) is 0 Å². The van der Waals surface area contributed by atoms with Crippen molar-refractivity contribution >= 4 is 11.9 Å². The summed E-state index contributed by atoms with van der Waals surface area (Å²) >= 11 is 0. The minimum absolute atomic E-state index is 0.0683. The van der Waals surface area contributed by atoms with Crippen LogP contribution in [0.25, 0.3) is 0 Å². The minimum Gasteiger partial charge on any atom is -0.507 e. The number of phenols is 1. The molecule has 0 heterocycles. The Kier molecular flexibility index (Phi) is 4.14. The molecule has 0 bridgehead atoms. The first-order valence-electron chi connectivity index (χ1n) is 5.05. The van der Waals surface area contributed by atoms with Crippen molar-refractivity contribution in [2.24, 2.45) is 0 Å². The summed E-state index contributed by atoms with van der Waals surface area (Å²) in [4.78, 5) is 23.3. The van der Waals surface area contributed by atoms with Gasteiger partial charge in [0.2, 0.25) is 0 Å². The number of carbonyl (C=O) groups is 2. The van der Waals surface area contributed by atoms with Gasteiger partial charge in [-0.05, 0) is 6.92 Å². The Labute approximate surface area is 104 Å². The maximum atomic E-state index is 11.7. The Balaban J connectivity index is 3.63. The monoisotopic (exact) mass is 254 g/mol. The van der Waals surface area contributed by atoms with Gasteiger partial charge in [-0.3, -0.25) is 0 Å². The van der Waals surface area contributed by atoms with Gasteiger partial charge in [-0.2, -0.15) is 0 Å². The van der Waals surface area contributed by atoms with Gasteiger partial charge < -0.3 is 19.3 Å². The van der Waals surface area contributed by atoms with Crippen molar-refractivity contribution in [3.05, 3.63) is 22.8 Å². The highest BCUT2D eigenvalue weighted by Crippen LogP contribution is 2.33. The maximum Gasteiger partial charge on any atom is 0.342 e. The zero-order valence-electron chi connectivity index (χ0n) is 10.6. The Morgan fingerprint density at radius 2 is 1.56 bits per heavy atom. The number of hydrogen-bond donors (Lipinski definition) is 1. The molecule has 0 amide bonds. The van der Waals surface area contributed by atoms with E-state index >= 15 is 0 Å². The highest BCUT2D eigenvalue weighted by atomic mass is 16.5. The van der Waals surface area contributed by atoms with Gasteiger partial charge >= 0.3 is 11.9 Å². The van der Waals surface area contributed by atoms with Gasteiger partial charge in [0.05, 0.1) is 26.9 Å². The van der Waals surface area contributed by atoms with Crippen LogP contribution in [0.4, 0.5) is 0 Å². The average Bonchev–Trinajstić information content (AvgIpc) is 2.38. The number of carbonyl (C=O) groups excluding carboxylic acids is 2. The lowest BCUT2D eigenvalue weighted by Gasteiger charge is -2.14. The van der Waals surface area contributed by atoms with E-state index in [4.69, 9.17) is 4.74 Å². The number of aromatic hydroxyl groups is 1. The lowest BCUT2D eigenvalue weighted by Crippen LogP contribution is -2.14. The Morgan fingerprint density at radius 3 is 2.00 bits per heavy atom. The largest absolute Gasteiger partial charge is 0.507 e. The van der Waals surface area contributed by atoms with E-state index in [9.17, 15) is 14.7 Å². The molecule has 1 N–H and O–H groups in total. The number of esters is 2. The van der Waals surface area contributed by atoms with E-state index in [2.05, 4.69) is 9.47 Å². The summed E-state index contributed by atoms with van der Waals surface area (Å²) in [6.45, 7) is 1.58. The van der Waals surface area contributed by atoms with Gasteiger partial charge in [0.1, 0.15) is 17.1 Å². The van der Waals surface area contributed by atoms with E-state index < -0.39 is 17.7 Å². The van der Waals surface area contributed by atoms with E-state index in [1.165, 1.54) is 20.3 Å². The van der Waals surface area contributed by atoms with Crippen molar-refractivity contribution < 1.29 is 28.9 Å². The lowest BCUT2D eigenvalue weighted by atomic mass is 9.99. The summed E-state index contributed by atoms with van der Waals surface area (Å²) in [5, 5.41) is 9.79. The molecule has 0 aliphatic heterocycles. The molecule has 1 aromatic carbocycles.